The number of nitrogens with one attached hydrogen (secondary N) is 1. The Morgan fingerprint density at radius 2 is 2.18 bits per heavy atom. The molecule has 0 spiro atoms. The summed E-state index contributed by atoms with van der Waals surface area (Å²) in [6.07, 6.45) is 0.771. The first-order valence-electron chi connectivity index (χ1n) is 4.57. The van der Waals surface area contributed by atoms with E-state index >= 15 is 0 Å². The third-order valence-electron chi connectivity index (χ3n) is 2.11. The van der Waals surface area contributed by atoms with Gasteiger partial charge in [0, 0.05) is 17.7 Å². The molecule has 0 aliphatic heterocycles. The molecule has 0 aliphatic rings. The van der Waals surface area contributed by atoms with Gasteiger partial charge in [-0.3, -0.25) is 10.1 Å². The molecule has 0 bridgehead atoms. The highest BCUT2D eigenvalue weighted by Gasteiger charge is 2.11. The lowest BCUT2D eigenvalue weighted by molar-refractivity contribution is -0.384. The van der Waals surface area contributed by atoms with Crippen LogP contribution in [0.1, 0.15) is 0 Å². The third kappa shape index (κ3) is 2.17. The van der Waals surface area contributed by atoms with Crippen LogP contribution in [0, 0.1) is 15.9 Å². The van der Waals surface area contributed by atoms with E-state index < -0.39 is 16.4 Å². The van der Waals surface area contributed by atoms with Crippen LogP contribution >= 0.6 is 0 Å². The molecule has 17 heavy (non-hydrogen) atoms. The van der Waals surface area contributed by atoms with Gasteiger partial charge in [0.2, 0.25) is 0 Å². The normalized spacial score (nSPS) is 10.2. The number of benzene rings is 1. The molecule has 6 nitrogen and oxygen atoms in total. The Labute approximate surface area is 93.9 Å². The van der Waals surface area contributed by atoms with Gasteiger partial charge in [-0.25, -0.2) is 9.18 Å². The van der Waals surface area contributed by atoms with Crippen molar-refractivity contribution in [1.82, 2.24) is 9.97 Å². The SMILES string of the molecule is O=c1ncc(F)c(-c2cccc([N+](=O)[O-])c2)[nH]1. The molecular formula is C10H6FN3O3. The monoisotopic (exact) mass is 235 g/mol. The second-order valence-corrected chi connectivity index (χ2v) is 3.22. The number of nitro groups is 1. The van der Waals surface area contributed by atoms with Crippen molar-refractivity contribution < 1.29 is 9.31 Å². The Morgan fingerprint density at radius 3 is 2.88 bits per heavy atom. The number of hydrogen-bond acceptors (Lipinski definition) is 4. The van der Waals surface area contributed by atoms with E-state index in [0.29, 0.717) is 0 Å². The highest BCUT2D eigenvalue weighted by Crippen LogP contribution is 2.22. The maximum atomic E-state index is 13.4. The fraction of sp³-hybridized carbons (Fsp3) is 0. The lowest BCUT2D eigenvalue weighted by Gasteiger charge is -2.01. The first-order valence-corrected chi connectivity index (χ1v) is 4.57. The van der Waals surface area contributed by atoms with Crippen molar-refractivity contribution in [2.45, 2.75) is 0 Å². The first-order chi connectivity index (χ1) is 8.08. The Morgan fingerprint density at radius 1 is 1.41 bits per heavy atom. The molecule has 1 heterocycles. The number of aromatic nitrogens is 2. The zero-order chi connectivity index (χ0) is 12.4. The van der Waals surface area contributed by atoms with Gasteiger partial charge in [0.15, 0.2) is 5.82 Å². The van der Waals surface area contributed by atoms with E-state index in [9.17, 15) is 19.3 Å². The number of non-ortho nitro benzene ring substituents is 1. The molecule has 86 valence electrons. The van der Waals surface area contributed by atoms with Crippen LogP contribution in [0.2, 0.25) is 0 Å². The Kier molecular flexibility index (Phi) is 2.65. The summed E-state index contributed by atoms with van der Waals surface area (Å²) in [4.78, 5) is 26.3. The summed E-state index contributed by atoms with van der Waals surface area (Å²) in [5, 5.41) is 10.6. The molecule has 0 fully saturated rings. The molecule has 2 aromatic rings. The number of aromatic amines is 1. The third-order valence-corrected chi connectivity index (χ3v) is 2.11. The molecule has 0 atom stereocenters. The molecule has 0 saturated heterocycles. The maximum Gasteiger partial charge on any atom is 0.345 e. The summed E-state index contributed by atoms with van der Waals surface area (Å²) in [6.45, 7) is 0. The van der Waals surface area contributed by atoms with E-state index in [-0.39, 0.29) is 16.9 Å². The minimum absolute atomic E-state index is 0.117. The molecule has 1 aromatic carbocycles. The molecule has 0 saturated carbocycles. The van der Waals surface area contributed by atoms with Crippen LogP contribution in [0.25, 0.3) is 11.3 Å². The van der Waals surface area contributed by atoms with Crippen LogP contribution in [-0.4, -0.2) is 14.9 Å². The second-order valence-electron chi connectivity index (χ2n) is 3.22. The average molecular weight is 235 g/mol. The van der Waals surface area contributed by atoms with Crippen molar-refractivity contribution in [3.63, 3.8) is 0 Å². The predicted molar refractivity (Wildman–Crippen MR) is 56.9 cm³/mol. The molecular weight excluding hydrogens is 229 g/mol. The fourth-order valence-electron chi connectivity index (χ4n) is 1.36. The van der Waals surface area contributed by atoms with Crippen LogP contribution in [-0.2, 0) is 0 Å². The van der Waals surface area contributed by atoms with E-state index in [2.05, 4.69) is 9.97 Å². The smallest absolute Gasteiger partial charge is 0.303 e. The number of nitro benzene ring substituents is 1. The van der Waals surface area contributed by atoms with Crippen molar-refractivity contribution in [2.75, 3.05) is 0 Å². The van der Waals surface area contributed by atoms with E-state index in [0.717, 1.165) is 6.20 Å². The molecule has 0 unspecified atom stereocenters. The van der Waals surface area contributed by atoms with Crippen LogP contribution in [0.5, 0.6) is 0 Å². The van der Waals surface area contributed by atoms with E-state index in [1.165, 1.54) is 24.3 Å². The molecule has 7 heteroatoms. The van der Waals surface area contributed by atoms with Gasteiger partial charge in [-0.05, 0) is 0 Å². The first kappa shape index (κ1) is 10.9. The molecule has 0 aliphatic carbocycles. The van der Waals surface area contributed by atoms with Crippen molar-refractivity contribution >= 4 is 5.69 Å². The van der Waals surface area contributed by atoms with Crippen molar-refractivity contribution in [3.05, 3.63) is 56.9 Å². The van der Waals surface area contributed by atoms with Crippen LogP contribution in [0.15, 0.2) is 35.3 Å². The average Bonchev–Trinajstić information content (AvgIpc) is 2.32. The van der Waals surface area contributed by atoms with Gasteiger partial charge >= 0.3 is 5.69 Å². The summed E-state index contributed by atoms with van der Waals surface area (Å²) in [6, 6.07) is 5.32. The largest absolute Gasteiger partial charge is 0.345 e. The second kappa shape index (κ2) is 4.12. The molecule has 2 rings (SSSR count). The molecule has 0 radical (unpaired) electrons. The lowest BCUT2D eigenvalue weighted by Crippen LogP contribution is -2.11. The van der Waals surface area contributed by atoms with Gasteiger partial charge in [0.05, 0.1) is 16.8 Å². The van der Waals surface area contributed by atoms with Crippen molar-refractivity contribution in [2.24, 2.45) is 0 Å². The minimum Gasteiger partial charge on any atom is -0.303 e. The predicted octanol–water partition coefficient (Wildman–Crippen LogP) is 1.48. The summed E-state index contributed by atoms with van der Waals surface area (Å²) < 4.78 is 13.4. The highest BCUT2D eigenvalue weighted by atomic mass is 19.1. The van der Waals surface area contributed by atoms with Gasteiger partial charge in [-0.1, -0.05) is 12.1 Å². The lowest BCUT2D eigenvalue weighted by atomic mass is 10.1. The summed E-state index contributed by atoms with van der Waals surface area (Å²) in [5.41, 5.74) is -0.794. The van der Waals surface area contributed by atoms with Crippen LogP contribution in [0.4, 0.5) is 10.1 Å². The minimum atomic E-state index is -0.745. The van der Waals surface area contributed by atoms with E-state index in [1.54, 1.807) is 0 Å². The number of H-pyrrole nitrogens is 1. The summed E-state index contributed by atoms with van der Waals surface area (Å²) in [7, 11) is 0. The van der Waals surface area contributed by atoms with Crippen molar-refractivity contribution in [1.29, 1.82) is 0 Å². The van der Waals surface area contributed by atoms with Gasteiger partial charge < -0.3 is 4.98 Å². The van der Waals surface area contributed by atoms with E-state index in [1.807, 2.05) is 0 Å². The van der Waals surface area contributed by atoms with Crippen molar-refractivity contribution in [3.8, 4) is 11.3 Å². The zero-order valence-corrected chi connectivity index (χ0v) is 8.38. The Bertz CT molecular complexity index is 639. The number of rotatable bonds is 2. The standard InChI is InChI=1S/C10H6FN3O3/c11-8-5-12-10(15)13-9(8)6-2-1-3-7(4-6)14(16)17/h1-5H,(H,12,13,15). The fourth-order valence-corrected chi connectivity index (χ4v) is 1.36. The molecule has 1 aromatic heterocycles. The topological polar surface area (TPSA) is 88.9 Å². The molecule has 0 amide bonds. The summed E-state index contributed by atoms with van der Waals surface area (Å²) >= 11 is 0. The maximum absolute atomic E-state index is 13.4. The van der Waals surface area contributed by atoms with E-state index in [4.69, 9.17) is 0 Å². The van der Waals surface area contributed by atoms with Crippen LogP contribution in [0.3, 0.4) is 0 Å². The van der Waals surface area contributed by atoms with Gasteiger partial charge in [0.1, 0.15) is 0 Å². The number of hydrogen-bond donors (Lipinski definition) is 1. The van der Waals surface area contributed by atoms with Gasteiger partial charge in [-0.2, -0.15) is 4.98 Å². The Hall–Kier alpha value is -2.57. The molecule has 1 N–H and O–H groups in total. The number of nitrogens with zero attached hydrogens (tertiary/aromatic N) is 2. The highest BCUT2D eigenvalue weighted by molar-refractivity contribution is 5.62. The van der Waals surface area contributed by atoms with Gasteiger partial charge in [-0.15, -0.1) is 0 Å². The summed E-state index contributed by atoms with van der Waals surface area (Å²) in [5.74, 6) is -0.745. The Balaban J connectivity index is 2.60. The zero-order valence-electron chi connectivity index (χ0n) is 8.38. The number of halogens is 1. The quantitative estimate of drug-likeness (QED) is 0.630. The van der Waals surface area contributed by atoms with Crippen LogP contribution < -0.4 is 5.69 Å². The van der Waals surface area contributed by atoms with Gasteiger partial charge in [0.25, 0.3) is 5.69 Å².